The number of nitrogens with one attached hydrogen (secondary N) is 1. The molecule has 3 rings (SSSR count). The molecule has 0 fully saturated rings. The Hall–Kier alpha value is -2.29. The van der Waals surface area contributed by atoms with Gasteiger partial charge in [-0.15, -0.1) is 0 Å². The van der Waals surface area contributed by atoms with Gasteiger partial charge in [-0.05, 0) is 86.4 Å². The van der Waals surface area contributed by atoms with Gasteiger partial charge in [0.15, 0.2) is 6.10 Å². The van der Waals surface area contributed by atoms with Crippen LogP contribution in [-0.2, 0) is 17.6 Å². The molecule has 0 saturated carbocycles. The molecular weight excluding hydrogens is 322 g/mol. The van der Waals surface area contributed by atoms with Gasteiger partial charge in [-0.1, -0.05) is 31.2 Å². The molecule has 0 bridgehead atoms. The van der Waals surface area contributed by atoms with Gasteiger partial charge in [-0.2, -0.15) is 0 Å². The molecule has 1 aliphatic carbocycles. The predicted octanol–water partition coefficient (Wildman–Crippen LogP) is 4.83. The average Bonchev–Trinajstić information content (AvgIpc) is 3.06. The Bertz CT molecular complexity index is 777. The van der Waals surface area contributed by atoms with E-state index >= 15 is 0 Å². The fourth-order valence-corrected chi connectivity index (χ4v) is 3.74. The number of carbonyl (C=O) groups is 1. The van der Waals surface area contributed by atoms with Crippen LogP contribution in [0, 0.1) is 13.8 Å². The molecule has 0 saturated heterocycles. The highest BCUT2D eigenvalue weighted by Gasteiger charge is 2.21. The minimum absolute atomic E-state index is 0.0229. The first kappa shape index (κ1) is 18.5. The van der Waals surface area contributed by atoms with E-state index in [2.05, 4.69) is 29.6 Å². The summed E-state index contributed by atoms with van der Waals surface area (Å²) in [5, 5.41) is 3.12. The van der Waals surface area contributed by atoms with Crippen LogP contribution in [0.3, 0.4) is 0 Å². The molecule has 1 N–H and O–H groups in total. The second kappa shape index (κ2) is 7.94. The van der Waals surface area contributed by atoms with Gasteiger partial charge in [0.25, 0.3) is 5.91 Å². The lowest BCUT2D eigenvalue weighted by molar-refractivity contribution is -0.128. The topological polar surface area (TPSA) is 38.3 Å². The first-order valence-electron chi connectivity index (χ1n) is 9.63. The maximum atomic E-state index is 12.7. The minimum atomic E-state index is -0.479. The second-order valence-electron chi connectivity index (χ2n) is 7.45. The van der Waals surface area contributed by atoms with E-state index in [1.807, 2.05) is 39.8 Å². The van der Waals surface area contributed by atoms with Crippen LogP contribution in [0.15, 0.2) is 36.4 Å². The Morgan fingerprint density at radius 2 is 1.77 bits per heavy atom. The highest BCUT2D eigenvalue weighted by Crippen LogP contribution is 2.25. The molecule has 3 heteroatoms. The van der Waals surface area contributed by atoms with Gasteiger partial charge in [0, 0.05) is 0 Å². The standard InChI is InChI=1S/C23H29NO2/c1-5-22(26-21-12-15(2)11-16(3)13-21)23(25)24-17(4)19-10-9-18-7-6-8-20(18)14-19/h9-14,17,22H,5-8H2,1-4H3,(H,24,25)/t17-,22+/m1/s1. The Labute approximate surface area is 156 Å². The van der Waals surface area contributed by atoms with E-state index in [0.717, 1.165) is 23.3 Å². The number of hydrogen-bond donors (Lipinski definition) is 1. The maximum absolute atomic E-state index is 12.7. The van der Waals surface area contributed by atoms with Gasteiger partial charge >= 0.3 is 0 Å². The molecule has 0 radical (unpaired) electrons. The molecule has 0 aliphatic heterocycles. The third-order valence-corrected chi connectivity index (χ3v) is 5.12. The van der Waals surface area contributed by atoms with Gasteiger partial charge in [0.05, 0.1) is 6.04 Å². The zero-order valence-corrected chi connectivity index (χ0v) is 16.3. The molecule has 0 unspecified atom stereocenters. The molecule has 3 nitrogen and oxygen atoms in total. The lowest BCUT2D eigenvalue weighted by atomic mass is 10.0. The summed E-state index contributed by atoms with van der Waals surface area (Å²) in [6, 6.07) is 12.6. The number of fused-ring (bicyclic) bond motifs is 1. The lowest BCUT2D eigenvalue weighted by Gasteiger charge is -2.21. The molecule has 0 spiro atoms. The number of benzene rings is 2. The van der Waals surface area contributed by atoms with Gasteiger partial charge < -0.3 is 10.1 Å². The Morgan fingerprint density at radius 1 is 1.08 bits per heavy atom. The van der Waals surface area contributed by atoms with Crippen molar-refractivity contribution in [1.82, 2.24) is 5.32 Å². The maximum Gasteiger partial charge on any atom is 0.261 e. The summed E-state index contributed by atoms with van der Waals surface area (Å²) >= 11 is 0. The van der Waals surface area contributed by atoms with Crippen molar-refractivity contribution >= 4 is 5.91 Å². The highest BCUT2D eigenvalue weighted by molar-refractivity contribution is 5.81. The summed E-state index contributed by atoms with van der Waals surface area (Å²) in [4.78, 5) is 12.7. The van der Waals surface area contributed by atoms with Crippen LogP contribution in [0.25, 0.3) is 0 Å². The SMILES string of the molecule is CC[C@H](Oc1cc(C)cc(C)c1)C(=O)N[C@H](C)c1ccc2c(c1)CCC2. The number of rotatable bonds is 6. The van der Waals surface area contributed by atoms with Crippen LogP contribution >= 0.6 is 0 Å². The number of aryl methyl sites for hydroxylation is 4. The van der Waals surface area contributed by atoms with E-state index in [4.69, 9.17) is 4.74 Å². The normalized spacial score (nSPS) is 15.2. The van der Waals surface area contributed by atoms with E-state index < -0.39 is 6.10 Å². The van der Waals surface area contributed by atoms with Gasteiger partial charge in [0.2, 0.25) is 0 Å². The van der Waals surface area contributed by atoms with Crippen LogP contribution in [0.4, 0.5) is 0 Å². The van der Waals surface area contributed by atoms with Crippen molar-refractivity contribution in [2.24, 2.45) is 0 Å². The highest BCUT2D eigenvalue weighted by atomic mass is 16.5. The van der Waals surface area contributed by atoms with Gasteiger partial charge in [-0.25, -0.2) is 0 Å². The Morgan fingerprint density at radius 3 is 2.46 bits per heavy atom. The number of amides is 1. The van der Waals surface area contributed by atoms with E-state index in [-0.39, 0.29) is 11.9 Å². The zero-order valence-electron chi connectivity index (χ0n) is 16.3. The van der Waals surface area contributed by atoms with Crippen molar-refractivity contribution in [2.75, 3.05) is 0 Å². The first-order valence-corrected chi connectivity index (χ1v) is 9.63. The molecule has 2 aromatic rings. The monoisotopic (exact) mass is 351 g/mol. The van der Waals surface area contributed by atoms with Gasteiger partial charge in [-0.3, -0.25) is 4.79 Å². The van der Waals surface area contributed by atoms with Crippen molar-refractivity contribution < 1.29 is 9.53 Å². The van der Waals surface area contributed by atoms with Crippen molar-refractivity contribution in [3.8, 4) is 5.75 Å². The van der Waals surface area contributed by atoms with Crippen molar-refractivity contribution in [2.45, 2.75) is 65.5 Å². The largest absolute Gasteiger partial charge is 0.481 e. The second-order valence-corrected chi connectivity index (χ2v) is 7.45. The van der Waals surface area contributed by atoms with E-state index in [0.29, 0.717) is 6.42 Å². The number of hydrogen-bond acceptors (Lipinski definition) is 2. The van der Waals surface area contributed by atoms with Crippen LogP contribution < -0.4 is 10.1 Å². The molecule has 2 atom stereocenters. The molecule has 2 aromatic carbocycles. The van der Waals surface area contributed by atoms with Crippen LogP contribution in [0.1, 0.15) is 60.5 Å². The quantitative estimate of drug-likeness (QED) is 0.810. The number of ether oxygens (including phenoxy) is 1. The van der Waals surface area contributed by atoms with E-state index in [9.17, 15) is 4.79 Å². The summed E-state index contributed by atoms with van der Waals surface area (Å²) in [6.45, 7) is 8.10. The summed E-state index contributed by atoms with van der Waals surface area (Å²) in [7, 11) is 0. The predicted molar refractivity (Wildman–Crippen MR) is 106 cm³/mol. The molecule has 26 heavy (non-hydrogen) atoms. The van der Waals surface area contributed by atoms with Crippen molar-refractivity contribution in [3.05, 3.63) is 64.2 Å². The van der Waals surface area contributed by atoms with Gasteiger partial charge in [0.1, 0.15) is 5.75 Å². The summed E-state index contributed by atoms with van der Waals surface area (Å²) in [5.74, 6) is 0.703. The fraction of sp³-hybridized carbons (Fsp3) is 0.435. The molecule has 138 valence electrons. The zero-order chi connectivity index (χ0) is 18.7. The van der Waals surface area contributed by atoms with Crippen molar-refractivity contribution in [3.63, 3.8) is 0 Å². The van der Waals surface area contributed by atoms with Crippen LogP contribution in [0.2, 0.25) is 0 Å². The summed E-state index contributed by atoms with van der Waals surface area (Å²) in [5.41, 5.74) is 6.34. The van der Waals surface area contributed by atoms with E-state index in [1.54, 1.807) is 0 Å². The third-order valence-electron chi connectivity index (χ3n) is 5.12. The molecule has 1 amide bonds. The number of carbonyl (C=O) groups excluding carboxylic acids is 1. The average molecular weight is 351 g/mol. The molecule has 0 heterocycles. The lowest BCUT2D eigenvalue weighted by Crippen LogP contribution is -2.39. The third kappa shape index (κ3) is 4.27. The van der Waals surface area contributed by atoms with Crippen LogP contribution in [0.5, 0.6) is 5.75 Å². The Kier molecular flexibility index (Phi) is 5.65. The van der Waals surface area contributed by atoms with Crippen molar-refractivity contribution in [1.29, 1.82) is 0 Å². The molecule has 0 aromatic heterocycles. The smallest absolute Gasteiger partial charge is 0.261 e. The summed E-state index contributed by atoms with van der Waals surface area (Å²) < 4.78 is 5.99. The fourth-order valence-electron chi connectivity index (χ4n) is 3.74. The Balaban J connectivity index is 1.66. The summed E-state index contributed by atoms with van der Waals surface area (Å²) in [6.07, 6.45) is 3.72. The molecule has 1 aliphatic rings. The molecular formula is C23H29NO2. The first-order chi connectivity index (χ1) is 12.5. The van der Waals surface area contributed by atoms with E-state index in [1.165, 1.54) is 29.5 Å². The minimum Gasteiger partial charge on any atom is -0.481 e. The van der Waals surface area contributed by atoms with Crippen LogP contribution in [-0.4, -0.2) is 12.0 Å².